The molecule has 0 unspecified atom stereocenters. The topological polar surface area (TPSA) is 860 Å². The number of carboxylic acid groups (broad SMARTS) is 12. The van der Waals surface area contributed by atoms with Gasteiger partial charge in [-0.15, -0.1) is 0 Å². The fraction of sp³-hybridized carbons (Fsp3) is 0.529. The van der Waals surface area contributed by atoms with Crippen molar-refractivity contribution in [3.63, 3.8) is 0 Å². The number of ether oxygens (including phenoxy) is 4. The van der Waals surface area contributed by atoms with Crippen molar-refractivity contribution in [2.75, 3.05) is 28.4 Å². The first kappa shape index (κ1) is 156. The molecular formula is C68H92O48Zr3. The number of carboxylic acids is 12. The predicted octanol–water partition coefficient (Wildman–Crippen LogP) is -14.9. The van der Waals surface area contributed by atoms with Crippen LogP contribution in [0.2, 0.25) is 0 Å². The summed E-state index contributed by atoms with van der Waals surface area (Å²) in [6.45, 7) is 19.8. The summed E-state index contributed by atoms with van der Waals surface area (Å²) in [5.41, 5.74) is 0. The first-order chi connectivity index (χ1) is 52.2. The van der Waals surface area contributed by atoms with Crippen molar-refractivity contribution in [3.8, 4) is 0 Å². The summed E-state index contributed by atoms with van der Waals surface area (Å²) in [7, 11) is 5.02. The molecule has 0 N–H and O–H groups in total. The van der Waals surface area contributed by atoms with Crippen LogP contribution in [0.3, 0.4) is 0 Å². The van der Waals surface area contributed by atoms with Crippen molar-refractivity contribution in [2.24, 2.45) is 0 Å². The Morgan fingerprint density at radius 1 is 0.134 bits per heavy atom. The van der Waals surface area contributed by atoms with Gasteiger partial charge < -0.3 is 138 Å². The molecule has 51 heteroatoms. The van der Waals surface area contributed by atoms with Gasteiger partial charge in [-0.3, -0.25) is 95.9 Å². The van der Waals surface area contributed by atoms with Crippen LogP contribution in [0.25, 0.3) is 0 Å². The van der Waals surface area contributed by atoms with Crippen LogP contribution in [0.4, 0.5) is 0 Å². The van der Waals surface area contributed by atoms with Gasteiger partial charge in [-0.2, -0.15) is 0 Å². The average molecular weight is 1950 g/mol. The Balaban J connectivity index is -0.0000000527. The van der Waals surface area contributed by atoms with Gasteiger partial charge in [0.05, 0.1) is 28.4 Å². The van der Waals surface area contributed by atoms with E-state index in [1.807, 2.05) is 0 Å². The van der Waals surface area contributed by atoms with Crippen LogP contribution in [0.1, 0.15) is 214 Å². The molecule has 0 aromatic carbocycles. The molecule has 48 nitrogen and oxygen atoms in total. The fourth-order valence-corrected chi connectivity index (χ4v) is 3.54. The second-order valence-corrected chi connectivity index (χ2v) is 20.8. The van der Waals surface area contributed by atoms with Crippen molar-refractivity contribution >= 4 is 188 Å². The van der Waals surface area contributed by atoms with E-state index < -0.39 is 173 Å². The molecule has 0 aliphatic carbocycles. The Bertz CT molecular complexity index is 2470. The zero-order valence-electron chi connectivity index (χ0n) is 68.4. The molecule has 0 bridgehead atoms. The van der Waals surface area contributed by atoms with Crippen molar-refractivity contribution < 1.29 is 312 Å². The quantitative estimate of drug-likeness (QED) is 0.0343. The summed E-state index contributed by atoms with van der Waals surface area (Å²) < 4.78 is 16.8. The van der Waals surface area contributed by atoms with Crippen molar-refractivity contribution in [1.29, 1.82) is 0 Å². The molecule has 0 spiro atoms. The normalized spacial score (nSPS) is 7.97. The Morgan fingerprint density at radius 3 is 0.193 bits per heavy atom. The smallest absolute Gasteiger partial charge is 0.550 e. The molecule has 664 valence electrons. The molecule has 0 aliphatic heterocycles. The minimum Gasteiger partial charge on any atom is -0.550 e. The van der Waals surface area contributed by atoms with Gasteiger partial charge in [-0.1, -0.05) is 0 Å². The second-order valence-electron chi connectivity index (χ2n) is 20.8. The fourth-order valence-electron chi connectivity index (χ4n) is 3.54. The Kier molecular flexibility index (Phi) is 143. The van der Waals surface area contributed by atoms with E-state index in [9.17, 15) is 215 Å². The standard InChI is InChI=1S/4C5H8O3.12C4H6O3.3Zr/c4*1-4(6)3-5(7)8-2;12*1-3(5)2-4(6)7;;;/h4*3H2,1-2H3;12*2H2,1H3,(H,6,7);;;/q;;;;;;;;;;;;;;;;3*+4/p-12. The van der Waals surface area contributed by atoms with Crippen molar-refractivity contribution in [3.05, 3.63) is 0 Å². The number of methoxy groups -OCH3 is 4. The molecule has 0 aromatic rings. The van der Waals surface area contributed by atoms with Gasteiger partial charge in [-0.05, 0) is 111 Å². The summed E-state index contributed by atoms with van der Waals surface area (Å²) >= 11 is 0. The molecule has 0 saturated heterocycles. The number of aliphatic carboxylic acids is 12. The van der Waals surface area contributed by atoms with Gasteiger partial charge in [0, 0.05) is 149 Å². The molecule has 0 amide bonds. The van der Waals surface area contributed by atoms with E-state index in [0.717, 1.165) is 0 Å². The molecule has 0 radical (unpaired) electrons. The van der Waals surface area contributed by atoms with Gasteiger partial charge in [0.25, 0.3) is 0 Å². The zero-order chi connectivity index (χ0) is 96.6. The minimum atomic E-state index is -1.31. The number of Topliss-reactive ketones (excluding diaryl/α,β-unsaturated/α-hetero) is 16. The second kappa shape index (κ2) is 109. The average Bonchev–Trinajstić information content (AvgIpc) is 1.05. The van der Waals surface area contributed by atoms with Crippen LogP contribution < -0.4 is 61.3 Å². The van der Waals surface area contributed by atoms with Crippen LogP contribution in [0.15, 0.2) is 0 Å². The van der Waals surface area contributed by atoms with Crippen LogP contribution >= 0.6 is 0 Å². The van der Waals surface area contributed by atoms with Crippen molar-refractivity contribution in [1.82, 2.24) is 0 Å². The Hall–Kier alpha value is -11.1. The van der Waals surface area contributed by atoms with E-state index in [0.29, 0.717) is 0 Å². The number of ketones is 16. The number of carbonyl (C=O) groups excluding carboxylic acids is 32. The van der Waals surface area contributed by atoms with E-state index in [2.05, 4.69) is 18.9 Å². The molecule has 0 aromatic heterocycles. The van der Waals surface area contributed by atoms with Gasteiger partial charge in [0.2, 0.25) is 0 Å². The van der Waals surface area contributed by atoms with E-state index in [1.54, 1.807) is 0 Å². The Labute approximate surface area is 737 Å². The molecule has 0 aliphatic rings. The predicted molar refractivity (Wildman–Crippen MR) is 353 cm³/mol. The SMILES string of the molecule is CC(=O)CC(=O)[O-].CC(=O)CC(=O)[O-].CC(=O)CC(=O)[O-].CC(=O)CC(=O)[O-].CC(=O)CC(=O)[O-].CC(=O)CC(=O)[O-].CC(=O)CC(=O)[O-].CC(=O)CC(=O)[O-].CC(=O)CC(=O)[O-].CC(=O)CC(=O)[O-].CC(=O)CC(=O)[O-].CC(=O)CC(=O)[O-].COC(=O)CC(C)=O.COC(=O)CC(C)=O.COC(=O)CC(C)=O.COC(=O)CC(C)=O.[Zr+4].[Zr+4].[Zr+4]. The Morgan fingerprint density at radius 2 is 0.185 bits per heavy atom. The van der Waals surface area contributed by atoms with Gasteiger partial charge in [0.1, 0.15) is 118 Å². The largest absolute Gasteiger partial charge is 4.00 e. The number of carbonyl (C=O) groups is 32. The maximum Gasteiger partial charge on any atom is 4.00 e. The first-order valence-corrected chi connectivity index (χ1v) is 30.7. The first-order valence-electron chi connectivity index (χ1n) is 30.7. The molecule has 0 heterocycles. The number of hydrogen-bond acceptors (Lipinski definition) is 48. The summed E-state index contributed by atoms with van der Waals surface area (Å²) in [6.07, 6.45) is -6.13. The monoisotopic (exact) mass is 1950 g/mol. The van der Waals surface area contributed by atoms with Crippen LogP contribution in [0.5, 0.6) is 0 Å². The molecule has 0 saturated carbocycles. The summed E-state index contributed by atoms with van der Waals surface area (Å²) in [6, 6.07) is 0. The van der Waals surface area contributed by atoms with E-state index in [-0.39, 0.29) is 197 Å². The van der Waals surface area contributed by atoms with Crippen molar-refractivity contribution in [2.45, 2.75) is 214 Å². The van der Waals surface area contributed by atoms with Crippen LogP contribution in [-0.4, -0.2) is 216 Å². The van der Waals surface area contributed by atoms with E-state index in [4.69, 9.17) is 0 Å². The maximum atomic E-state index is 10.2. The van der Waals surface area contributed by atoms with E-state index in [1.165, 1.54) is 139 Å². The summed E-state index contributed by atoms with van der Waals surface area (Å²) in [5.74, 6) is -22.8. The maximum absolute atomic E-state index is 10.2. The van der Waals surface area contributed by atoms with Gasteiger partial charge in [-0.25, -0.2) is 0 Å². The molecule has 119 heavy (non-hydrogen) atoms. The minimum absolute atomic E-state index is 0. The van der Waals surface area contributed by atoms with Crippen LogP contribution in [0, 0.1) is 0 Å². The van der Waals surface area contributed by atoms with Crippen LogP contribution in [-0.2, 0) is 251 Å². The molecular weight excluding hydrogens is 1860 g/mol. The summed E-state index contributed by atoms with van der Waals surface area (Å²) in [5, 5.41) is 114. The number of rotatable bonds is 32. The third kappa shape index (κ3) is 317. The van der Waals surface area contributed by atoms with Gasteiger partial charge >= 0.3 is 102 Å². The third-order valence-corrected chi connectivity index (χ3v) is 7.20. The van der Waals surface area contributed by atoms with Gasteiger partial charge in [0.15, 0.2) is 0 Å². The third-order valence-electron chi connectivity index (χ3n) is 7.20. The number of esters is 4. The molecule has 0 atom stereocenters. The zero-order valence-corrected chi connectivity index (χ0v) is 75.8. The number of hydrogen-bond donors (Lipinski definition) is 0. The van der Waals surface area contributed by atoms with E-state index >= 15 is 0 Å². The summed E-state index contributed by atoms with van der Waals surface area (Å²) in [4.78, 5) is 313. The molecule has 0 rings (SSSR count). The molecule has 0 fully saturated rings.